The average Bonchev–Trinajstić information content (AvgIpc) is 2.24. The van der Waals surface area contributed by atoms with Crippen molar-refractivity contribution >= 4 is 17.9 Å². The van der Waals surface area contributed by atoms with Gasteiger partial charge in [0.05, 0.1) is 6.21 Å². The van der Waals surface area contributed by atoms with Crippen LogP contribution in [0.4, 0.5) is 0 Å². The molecule has 0 spiro atoms. The van der Waals surface area contributed by atoms with Crippen LogP contribution in [0.3, 0.4) is 0 Å². The van der Waals surface area contributed by atoms with Crippen molar-refractivity contribution in [3.8, 4) is 0 Å². The van der Waals surface area contributed by atoms with Crippen LogP contribution < -0.4 is 5.32 Å². The van der Waals surface area contributed by atoms with E-state index in [2.05, 4.69) is 17.2 Å². The van der Waals surface area contributed by atoms with E-state index in [0.29, 0.717) is 6.54 Å². The summed E-state index contributed by atoms with van der Waals surface area (Å²) in [6.45, 7) is 2.61. The molecule has 1 amide bonds. The minimum atomic E-state index is -0.675. The van der Waals surface area contributed by atoms with E-state index in [-0.39, 0.29) is 0 Å². The number of hydrogen-bond acceptors (Lipinski definition) is 4. The molecule has 0 aliphatic heterocycles. The Labute approximate surface area is 95.3 Å². The van der Waals surface area contributed by atoms with Crippen molar-refractivity contribution in [2.24, 2.45) is 4.99 Å². The van der Waals surface area contributed by atoms with Gasteiger partial charge in [-0.15, -0.1) is 0 Å². The Morgan fingerprint density at radius 3 is 2.62 bits per heavy atom. The lowest BCUT2D eigenvalue weighted by atomic mass is 10.2. The van der Waals surface area contributed by atoms with E-state index in [1.807, 2.05) is 0 Å². The lowest BCUT2D eigenvalue weighted by Gasteiger charge is -2.00. The van der Waals surface area contributed by atoms with Crippen molar-refractivity contribution in [1.29, 1.82) is 0 Å². The summed E-state index contributed by atoms with van der Waals surface area (Å²) in [5.74, 6) is -1.74. The molecule has 90 valence electrons. The van der Waals surface area contributed by atoms with Crippen molar-refractivity contribution in [2.45, 2.75) is 26.2 Å². The molecule has 0 rings (SSSR count). The van der Waals surface area contributed by atoms with Crippen LogP contribution in [0.5, 0.6) is 0 Å². The number of unbranched alkanes of at least 4 members (excludes halogenated alkanes) is 2. The number of ketones is 1. The first kappa shape index (κ1) is 14.3. The first-order chi connectivity index (χ1) is 7.61. The molecule has 0 aromatic carbocycles. The molecule has 16 heavy (non-hydrogen) atoms. The largest absolute Gasteiger partial charge is 0.504 e. The number of allylic oxidation sites excluding steroid dienone is 1. The highest BCUT2D eigenvalue weighted by Gasteiger charge is 2.06. The van der Waals surface area contributed by atoms with Gasteiger partial charge in [0, 0.05) is 19.7 Å². The predicted octanol–water partition coefficient (Wildman–Crippen LogP) is 1.00. The zero-order valence-electron chi connectivity index (χ0n) is 9.69. The van der Waals surface area contributed by atoms with Gasteiger partial charge in [-0.1, -0.05) is 19.8 Å². The van der Waals surface area contributed by atoms with Crippen LogP contribution in [-0.4, -0.2) is 36.6 Å². The molecule has 0 saturated carbocycles. The Balaban J connectivity index is 4.01. The average molecular weight is 226 g/mol. The number of aliphatic hydroxyl groups is 1. The fourth-order valence-electron chi connectivity index (χ4n) is 1.02. The molecule has 0 aromatic heterocycles. The molecule has 0 unspecified atom stereocenters. The normalized spacial score (nSPS) is 11.8. The highest BCUT2D eigenvalue weighted by molar-refractivity contribution is 6.34. The van der Waals surface area contributed by atoms with E-state index in [1.165, 1.54) is 7.05 Å². The molecule has 5 nitrogen and oxygen atoms in total. The smallest absolute Gasteiger partial charge is 0.247 e. The Kier molecular flexibility index (Phi) is 7.75. The zero-order chi connectivity index (χ0) is 12.4. The van der Waals surface area contributed by atoms with Crippen molar-refractivity contribution < 1.29 is 14.7 Å². The van der Waals surface area contributed by atoms with E-state index < -0.39 is 17.4 Å². The highest BCUT2D eigenvalue weighted by atomic mass is 16.3. The quantitative estimate of drug-likeness (QED) is 0.294. The molecule has 0 fully saturated rings. The fourth-order valence-corrected chi connectivity index (χ4v) is 1.02. The van der Waals surface area contributed by atoms with Crippen LogP contribution in [0.1, 0.15) is 26.2 Å². The number of amides is 1. The second kappa shape index (κ2) is 8.64. The standard InChI is InChI=1S/C11H18N2O3/c1-3-4-5-6-13-11(16)7-9(14)10(15)8-12-2/h7-8,14H,3-6H2,1-2H3,(H,13,16)/b9-7-,12-8?. The molecule has 0 atom stereocenters. The van der Waals surface area contributed by atoms with Crippen LogP contribution >= 0.6 is 0 Å². The number of hydrogen-bond donors (Lipinski definition) is 2. The van der Waals surface area contributed by atoms with Gasteiger partial charge in [0.15, 0.2) is 5.76 Å². The molecule has 2 N–H and O–H groups in total. The van der Waals surface area contributed by atoms with E-state index in [4.69, 9.17) is 0 Å². The Bertz CT molecular complexity index is 296. The van der Waals surface area contributed by atoms with Gasteiger partial charge in [0.2, 0.25) is 11.7 Å². The van der Waals surface area contributed by atoms with Crippen molar-refractivity contribution in [3.05, 3.63) is 11.8 Å². The number of nitrogens with one attached hydrogen (secondary N) is 1. The van der Waals surface area contributed by atoms with Crippen molar-refractivity contribution in [2.75, 3.05) is 13.6 Å². The summed E-state index contributed by atoms with van der Waals surface area (Å²) in [5, 5.41) is 11.8. The van der Waals surface area contributed by atoms with Crippen LogP contribution in [0.25, 0.3) is 0 Å². The molecule has 5 heteroatoms. The minimum Gasteiger partial charge on any atom is -0.504 e. The molecule has 0 bridgehead atoms. The van der Waals surface area contributed by atoms with E-state index in [0.717, 1.165) is 31.6 Å². The maximum absolute atomic E-state index is 11.2. The first-order valence-electron chi connectivity index (χ1n) is 5.26. The molecule has 0 saturated heterocycles. The molecule has 0 aliphatic rings. The predicted molar refractivity (Wildman–Crippen MR) is 62.7 cm³/mol. The van der Waals surface area contributed by atoms with E-state index in [1.54, 1.807) is 0 Å². The Morgan fingerprint density at radius 2 is 2.06 bits per heavy atom. The van der Waals surface area contributed by atoms with Gasteiger partial charge < -0.3 is 10.4 Å². The second-order valence-electron chi connectivity index (χ2n) is 3.28. The summed E-state index contributed by atoms with van der Waals surface area (Å²) in [5.41, 5.74) is 0. The molecule has 0 aromatic rings. The lowest BCUT2D eigenvalue weighted by Crippen LogP contribution is -2.23. The minimum absolute atomic E-state index is 0.466. The number of carbonyl (C=O) groups is 2. The fraction of sp³-hybridized carbons (Fsp3) is 0.545. The number of Topliss-reactive ketones (excluding diaryl/α,β-unsaturated/α-hetero) is 1. The first-order valence-corrected chi connectivity index (χ1v) is 5.26. The van der Waals surface area contributed by atoms with Gasteiger partial charge in [-0.2, -0.15) is 0 Å². The number of rotatable bonds is 7. The molecule has 0 radical (unpaired) electrons. The number of carbonyl (C=O) groups excluding carboxylic acids is 2. The van der Waals surface area contributed by atoms with E-state index >= 15 is 0 Å². The lowest BCUT2D eigenvalue weighted by molar-refractivity contribution is -0.117. The third-order valence-corrected chi connectivity index (χ3v) is 1.85. The summed E-state index contributed by atoms with van der Waals surface area (Å²) >= 11 is 0. The Hall–Kier alpha value is -1.65. The van der Waals surface area contributed by atoms with Gasteiger partial charge in [0.25, 0.3) is 0 Å². The molecule has 0 aliphatic carbocycles. The summed E-state index contributed by atoms with van der Waals surface area (Å²) in [7, 11) is 1.41. The zero-order valence-corrected chi connectivity index (χ0v) is 9.69. The summed E-state index contributed by atoms with van der Waals surface area (Å²) in [4.78, 5) is 25.6. The molecule has 0 heterocycles. The second-order valence-corrected chi connectivity index (χ2v) is 3.28. The topological polar surface area (TPSA) is 78.8 Å². The van der Waals surface area contributed by atoms with Gasteiger partial charge in [0.1, 0.15) is 0 Å². The summed E-state index contributed by atoms with van der Waals surface area (Å²) in [6.07, 6.45) is 4.83. The third-order valence-electron chi connectivity index (χ3n) is 1.85. The van der Waals surface area contributed by atoms with Crippen LogP contribution in [0, 0.1) is 0 Å². The molecular formula is C11H18N2O3. The third kappa shape index (κ3) is 6.75. The number of nitrogens with zero attached hydrogens (tertiary/aromatic N) is 1. The summed E-state index contributed by atoms with van der Waals surface area (Å²) in [6, 6.07) is 0. The number of aliphatic imine (C=N–C) groups is 1. The van der Waals surface area contributed by atoms with Gasteiger partial charge in [-0.25, -0.2) is 0 Å². The van der Waals surface area contributed by atoms with E-state index in [9.17, 15) is 14.7 Å². The van der Waals surface area contributed by atoms with Crippen molar-refractivity contribution in [1.82, 2.24) is 5.32 Å². The molecular weight excluding hydrogens is 208 g/mol. The van der Waals surface area contributed by atoms with Crippen LogP contribution in [-0.2, 0) is 9.59 Å². The maximum atomic E-state index is 11.2. The van der Waals surface area contributed by atoms with Crippen LogP contribution in [0.2, 0.25) is 0 Å². The van der Waals surface area contributed by atoms with Crippen LogP contribution in [0.15, 0.2) is 16.8 Å². The summed E-state index contributed by atoms with van der Waals surface area (Å²) < 4.78 is 0. The monoisotopic (exact) mass is 226 g/mol. The highest BCUT2D eigenvalue weighted by Crippen LogP contribution is 1.92. The SMILES string of the molecule is CCCCCNC(=O)/C=C(\O)C(=O)C=NC. The Morgan fingerprint density at radius 1 is 1.38 bits per heavy atom. The van der Waals surface area contributed by atoms with Crippen molar-refractivity contribution in [3.63, 3.8) is 0 Å². The number of aliphatic hydroxyl groups excluding tert-OH is 1. The van der Waals surface area contributed by atoms with Gasteiger partial charge in [-0.05, 0) is 6.42 Å². The maximum Gasteiger partial charge on any atom is 0.247 e. The van der Waals surface area contributed by atoms with Gasteiger partial charge >= 0.3 is 0 Å². The van der Waals surface area contributed by atoms with Gasteiger partial charge in [-0.3, -0.25) is 14.6 Å².